The van der Waals surface area contributed by atoms with Crippen LogP contribution in [0.5, 0.6) is 0 Å². The lowest BCUT2D eigenvalue weighted by molar-refractivity contribution is -0.671. The summed E-state index contributed by atoms with van der Waals surface area (Å²) in [5.41, 5.74) is 0.808. The Morgan fingerprint density at radius 3 is 2.11 bits per heavy atom. The van der Waals surface area contributed by atoms with Crippen molar-refractivity contribution in [2.24, 2.45) is 7.05 Å². The van der Waals surface area contributed by atoms with E-state index in [1.807, 2.05) is 36.1 Å². The second kappa shape index (κ2) is 3.87. The first-order chi connectivity index (χ1) is 3.79. The summed E-state index contributed by atoms with van der Waals surface area (Å²) < 4.78 is 1.94. The molecule has 0 bridgehead atoms. The molecule has 0 fully saturated rings. The Labute approximate surface area is 73.5 Å². The van der Waals surface area contributed by atoms with Crippen LogP contribution in [0.25, 0.3) is 0 Å². The van der Waals surface area contributed by atoms with Gasteiger partial charge in [0, 0.05) is 0 Å². The number of aryl methyl sites for hydroxylation is 1. The van der Waals surface area contributed by atoms with Crippen LogP contribution in [0.4, 0.5) is 0 Å². The molecule has 0 amide bonds. The van der Waals surface area contributed by atoms with Gasteiger partial charge in [0.25, 0.3) is 0 Å². The van der Waals surface area contributed by atoms with Gasteiger partial charge in [-0.25, -0.2) is 4.57 Å². The van der Waals surface area contributed by atoms with Crippen LogP contribution in [0.1, 0.15) is 0 Å². The van der Waals surface area contributed by atoms with E-state index >= 15 is 0 Å². The van der Waals surface area contributed by atoms with Gasteiger partial charge >= 0.3 is 0 Å². The zero-order chi connectivity index (χ0) is 5.98. The minimum absolute atomic E-state index is 0. The zero-order valence-electron chi connectivity index (χ0n) is 5.21. The smallest absolute Gasteiger partial charge is 0.167 e. The number of hydrogen-bond acceptors (Lipinski definition) is 0. The normalized spacial score (nSPS) is 8.11. The highest BCUT2D eigenvalue weighted by Crippen LogP contribution is 1.67. The van der Waals surface area contributed by atoms with Crippen molar-refractivity contribution in [3.05, 3.63) is 24.5 Å². The fraction of sp³-hybridized carbons (Fsp3) is 0.167. The molecule has 46 valence electrons. The van der Waals surface area contributed by atoms with Gasteiger partial charge in [-0.1, -0.05) is 5.46 Å². The summed E-state index contributed by atoms with van der Waals surface area (Å²) >= 11 is 0. The van der Waals surface area contributed by atoms with Crippen molar-refractivity contribution >= 4 is 13.3 Å². The second-order valence-corrected chi connectivity index (χ2v) is 1.80. The first kappa shape index (κ1) is 8.94. The maximum absolute atomic E-state index is 5.41. The fourth-order valence-electron chi connectivity index (χ4n) is 0.513. The van der Waals surface area contributed by atoms with E-state index in [0.29, 0.717) is 0 Å². The van der Waals surface area contributed by atoms with Crippen LogP contribution >= 0.6 is 0 Å². The van der Waals surface area contributed by atoms with Gasteiger partial charge < -0.3 is 24.0 Å². The average molecular weight is 231 g/mol. The SMILES string of the molecule is [B]c1cc[n+](C)cc1.[I-]. The first-order valence-corrected chi connectivity index (χ1v) is 2.50. The highest BCUT2D eigenvalue weighted by Gasteiger charge is 1.85. The molecule has 1 aromatic heterocycles. The third-order valence-corrected chi connectivity index (χ3v) is 1.00. The van der Waals surface area contributed by atoms with E-state index in [4.69, 9.17) is 7.85 Å². The Morgan fingerprint density at radius 2 is 1.78 bits per heavy atom. The Balaban J connectivity index is 0.000000640. The maximum Gasteiger partial charge on any atom is 0.167 e. The van der Waals surface area contributed by atoms with E-state index in [-0.39, 0.29) is 24.0 Å². The Morgan fingerprint density at radius 1 is 1.33 bits per heavy atom. The molecular weight excluding hydrogens is 224 g/mol. The molecule has 0 aliphatic heterocycles. The largest absolute Gasteiger partial charge is 1.00 e. The summed E-state index contributed by atoms with van der Waals surface area (Å²) in [6.45, 7) is 0. The van der Waals surface area contributed by atoms with Crippen molar-refractivity contribution in [2.75, 3.05) is 0 Å². The van der Waals surface area contributed by atoms with Crippen molar-refractivity contribution in [2.45, 2.75) is 0 Å². The molecule has 0 aromatic carbocycles. The highest BCUT2D eigenvalue weighted by atomic mass is 127. The van der Waals surface area contributed by atoms with Crippen molar-refractivity contribution < 1.29 is 28.5 Å². The van der Waals surface area contributed by atoms with Crippen LogP contribution in [0.15, 0.2) is 24.5 Å². The van der Waals surface area contributed by atoms with E-state index in [1.165, 1.54) is 0 Å². The van der Waals surface area contributed by atoms with Gasteiger partial charge in [-0.15, -0.1) is 0 Å². The number of pyridine rings is 1. The molecule has 1 heterocycles. The van der Waals surface area contributed by atoms with Gasteiger partial charge in [-0.2, -0.15) is 0 Å². The third kappa shape index (κ3) is 2.84. The van der Waals surface area contributed by atoms with Crippen molar-refractivity contribution in [3.8, 4) is 0 Å². The fourth-order valence-corrected chi connectivity index (χ4v) is 0.513. The summed E-state index contributed by atoms with van der Waals surface area (Å²) in [5.74, 6) is 0. The molecule has 3 heteroatoms. The van der Waals surface area contributed by atoms with Gasteiger partial charge in [-0.05, 0) is 12.1 Å². The van der Waals surface area contributed by atoms with Crippen LogP contribution in [0.3, 0.4) is 0 Å². The molecule has 1 aromatic rings. The van der Waals surface area contributed by atoms with Gasteiger partial charge in [-0.3, -0.25) is 0 Å². The molecule has 0 aliphatic rings. The molecule has 1 rings (SSSR count). The van der Waals surface area contributed by atoms with E-state index in [2.05, 4.69) is 0 Å². The van der Waals surface area contributed by atoms with Crippen molar-refractivity contribution in [1.82, 2.24) is 0 Å². The first-order valence-electron chi connectivity index (χ1n) is 2.50. The standard InChI is InChI=1S/C6H7BN.HI/c1-8-4-2-6(7)3-5-8;/h2-5H,1H3;1H/q+1;/p-1. The second-order valence-electron chi connectivity index (χ2n) is 1.80. The van der Waals surface area contributed by atoms with Crippen LogP contribution in [0, 0.1) is 0 Å². The van der Waals surface area contributed by atoms with E-state index in [0.717, 1.165) is 5.46 Å². The summed E-state index contributed by atoms with van der Waals surface area (Å²) in [7, 11) is 7.37. The monoisotopic (exact) mass is 231 g/mol. The predicted molar refractivity (Wildman–Crippen MR) is 33.0 cm³/mol. The summed E-state index contributed by atoms with van der Waals surface area (Å²) in [4.78, 5) is 0. The number of hydrogen-bond donors (Lipinski definition) is 0. The number of nitrogens with zero attached hydrogens (tertiary/aromatic N) is 1. The quantitative estimate of drug-likeness (QED) is 0.246. The van der Waals surface area contributed by atoms with E-state index in [1.54, 1.807) is 0 Å². The molecular formula is C6H7BIN. The van der Waals surface area contributed by atoms with Crippen molar-refractivity contribution in [3.63, 3.8) is 0 Å². The minimum Gasteiger partial charge on any atom is -1.00 e. The predicted octanol–water partition coefficient (Wildman–Crippen LogP) is -3.69. The lowest BCUT2D eigenvalue weighted by Crippen LogP contribution is -3.00. The maximum atomic E-state index is 5.41. The van der Waals surface area contributed by atoms with Gasteiger partial charge in [0.2, 0.25) is 0 Å². The molecule has 0 aliphatic carbocycles. The van der Waals surface area contributed by atoms with Crippen LogP contribution in [-0.4, -0.2) is 7.85 Å². The molecule has 1 nitrogen and oxygen atoms in total. The molecule has 0 atom stereocenters. The molecule has 0 saturated carbocycles. The molecule has 0 spiro atoms. The van der Waals surface area contributed by atoms with Gasteiger partial charge in [0.15, 0.2) is 12.4 Å². The van der Waals surface area contributed by atoms with E-state index < -0.39 is 0 Å². The Bertz CT molecular complexity index is 152. The van der Waals surface area contributed by atoms with Gasteiger partial charge in [0.05, 0.1) is 0 Å². The minimum atomic E-state index is 0. The van der Waals surface area contributed by atoms with E-state index in [9.17, 15) is 0 Å². The molecule has 0 saturated heterocycles. The lowest BCUT2D eigenvalue weighted by Gasteiger charge is -1.85. The third-order valence-electron chi connectivity index (χ3n) is 1.00. The Hall–Kier alpha value is -0.0551. The summed E-state index contributed by atoms with van der Waals surface area (Å²) in [6, 6.07) is 3.72. The average Bonchev–Trinajstić information content (AvgIpc) is 1.77. The summed E-state index contributed by atoms with van der Waals surface area (Å²) in [6.07, 6.45) is 3.82. The number of rotatable bonds is 0. The molecule has 0 unspecified atom stereocenters. The molecule has 2 radical (unpaired) electrons. The molecule has 9 heavy (non-hydrogen) atoms. The Kier molecular flexibility index (Phi) is 3.85. The van der Waals surface area contributed by atoms with Crippen LogP contribution < -0.4 is 34.0 Å². The summed E-state index contributed by atoms with van der Waals surface area (Å²) in [5, 5.41) is 0. The molecule has 0 N–H and O–H groups in total. The lowest BCUT2D eigenvalue weighted by atomic mass is 9.98. The zero-order valence-corrected chi connectivity index (χ0v) is 7.37. The van der Waals surface area contributed by atoms with Crippen LogP contribution in [0.2, 0.25) is 0 Å². The number of halogens is 1. The number of aromatic nitrogens is 1. The van der Waals surface area contributed by atoms with Crippen molar-refractivity contribution in [1.29, 1.82) is 0 Å². The van der Waals surface area contributed by atoms with Crippen LogP contribution in [-0.2, 0) is 7.05 Å². The topological polar surface area (TPSA) is 3.88 Å². The van der Waals surface area contributed by atoms with Gasteiger partial charge in [0.1, 0.15) is 14.9 Å². The highest BCUT2D eigenvalue weighted by molar-refractivity contribution is 6.32.